The van der Waals surface area contributed by atoms with Crippen LogP contribution in [0.4, 0.5) is 0 Å². The van der Waals surface area contributed by atoms with Crippen molar-refractivity contribution in [2.45, 2.75) is 25.2 Å². The Morgan fingerprint density at radius 2 is 2.10 bits per heavy atom. The van der Waals surface area contributed by atoms with Crippen molar-refractivity contribution >= 4 is 10.0 Å². The van der Waals surface area contributed by atoms with Gasteiger partial charge in [-0.15, -0.1) is 0 Å². The Kier molecular flexibility index (Phi) is 4.64. The quantitative estimate of drug-likeness (QED) is 0.880. The van der Waals surface area contributed by atoms with E-state index in [9.17, 15) is 8.42 Å². The molecule has 6 nitrogen and oxygen atoms in total. The Morgan fingerprint density at radius 3 is 2.67 bits per heavy atom. The third-order valence-corrected chi connectivity index (χ3v) is 4.48. The molecule has 0 fully saturated rings. The van der Waals surface area contributed by atoms with E-state index in [1.165, 1.54) is 12.3 Å². The van der Waals surface area contributed by atoms with Gasteiger partial charge in [0.15, 0.2) is 5.89 Å². The molecule has 0 aliphatic carbocycles. The third-order valence-electron chi connectivity index (χ3n) is 3.02. The molecule has 0 atom stereocenters. The molecular weight excluding hydrogens is 292 g/mol. The number of sulfonamides is 1. The number of hydrogen-bond acceptors (Lipinski definition) is 5. The molecule has 0 aliphatic rings. The molecule has 1 aromatic heterocycles. The highest BCUT2D eigenvalue weighted by Crippen LogP contribution is 2.21. The van der Waals surface area contributed by atoms with Gasteiger partial charge in [-0.25, -0.2) is 18.1 Å². The summed E-state index contributed by atoms with van der Waals surface area (Å²) in [6.07, 6.45) is 2.01. The van der Waals surface area contributed by atoms with Crippen LogP contribution in [0.15, 0.2) is 33.8 Å². The molecule has 0 unspecified atom stereocenters. The van der Waals surface area contributed by atoms with Gasteiger partial charge in [0, 0.05) is 19.9 Å². The second kappa shape index (κ2) is 6.28. The summed E-state index contributed by atoms with van der Waals surface area (Å²) in [5.41, 5.74) is 1.49. The predicted octanol–water partition coefficient (Wildman–Crippen LogP) is 1.82. The molecule has 0 saturated carbocycles. The normalized spacial score (nSPS) is 11.6. The molecule has 1 heterocycles. The van der Waals surface area contributed by atoms with Crippen molar-refractivity contribution in [3.05, 3.63) is 41.6 Å². The van der Waals surface area contributed by atoms with Crippen molar-refractivity contribution in [1.82, 2.24) is 9.71 Å². The van der Waals surface area contributed by atoms with E-state index in [-0.39, 0.29) is 11.4 Å². The van der Waals surface area contributed by atoms with Crippen molar-refractivity contribution in [3.63, 3.8) is 0 Å². The zero-order valence-corrected chi connectivity index (χ0v) is 13.0. The minimum Gasteiger partial charge on any atom is -0.496 e. The summed E-state index contributed by atoms with van der Waals surface area (Å²) in [5.74, 6) is 1.23. The number of aryl methyl sites for hydroxylation is 2. The molecule has 0 amide bonds. The van der Waals surface area contributed by atoms with E-state index in [0.29, 0.717) is 18.1 Å². The van der Waals surface area contributed by atoms with Gasteiger partial charge in [0.1, 0.15) is 12.0 Å². The molecule has 0 radical (unpaired) electrons. The van der Waals surface area contributed by atoms with Crippen LogP contribution in [-0.2, 0) is 16.4 Å². The predicted molar refractivity (Wildman–Crippen MR) is 77.9 cm³/mol. The average Bonchev–Trinajstić information content (AvgIpc) is 2.84. The summed E-state index contributed by atoms with van der Waals surface area (Å²) < 4.78 is 37.1. The minimum absolute atomic E-state index is 0.220. The highest BCUT2D eigenvalue weighted by molar-refractivity contribution is 7.89. The van der Waals surface area contributed by atoms with Gasteiger partial charge < -0.3 is 9.15 Å². The first-order valence-corrected chi connectivity index (χ1v) is 7.96. The largest absolute Gasteiger partial charge is 0.496 e. The number of ether oxygens (including phenoxy) is 1. The molecule has 114 valence electrons. The maximum Gasteiger partial charge on any atom is 0.240 e. The van der Waals surface area contributed by atoms with Crippen LogP contribution in [0.5, 0.6) is 5.75 Å². The summed E-state index contributed by atoms with van der Waals surface area (Å²) in [4.78, 5) is 4.34. The Morgan fingerprint density at radius 1 is 1.33 bits per heavy atom. The lowest BCUT2D eigenvalue weighted by molar-refractivity contribution is 0.411. The van der Waals surface area contributed by atoms with Crippen LogP contribution in [0.3, 0.4) is 0 Å². The number of aromatic nitrogens is 1. The zero-order valence-electron chi connectivity index (χ0n) is 12.2. The fourth-order valence-electron chi connectivity index (χ4n) is 1.94. The van der Waals surface area contributed by atoms with Gasteiger partial charge in [-0.3, -0.25) is 0 Å². The molecule has 0 bridgehead atoms. The lowest BCUT2D eigenvalue weighted by Gasteiger charge is -2.09. The van der Waals surface area contributed by atoms with E-state index < -0.39 is 10.0 Å². The first kappa shape index (κ1) is 15.5. The van der Waals surface area contributed by atoms with Gasteiger partial charge in [0.25, 0.3) is 0 Å². The lowest BCUT2D eigenvalue weighted by atomic mass is 10.2. The highest BCUT2D eigenvalue weighted by atomic mass is 32.2. The number of hydrogen-bond donors (Lipinski definition) is 1. The van der Waals surface area contributed by atoms with Crippen LogP contribution in [0.2, 0.25) is 0 Å². The summed E-state index contributed by atoms with van der Waals surface area (Å²) in [6.45, 7) is 3.81. The molecule has 0 saturated heterocycles. The molecule has 1 N–H and O–H groups in total. The average molecular weight is 310 g/mol. The summed E-state index contributed by atoms with van der Waals surface area (Å²) in [5, 5.41) is 0. The van der Waals surface area contributed by atoms with Crippen molar-refractivity contribution in [2.75, 3.05) is 13.7 Å². The Bertz CT molecular complexity index is 722. The van der Waals surface area contributed by atoms with E-state index in [2.05, 4.69) is 9.71 Å². The topological polar surface area (TPSA) is 81.4 Å². The first-order chi connectivity index (χ1) is 9.92. The second-order valence-electron chi connectivity index (χ2n) is 4.64. The molecule has 2 rings (SSSR count). The van der Waals surface area contributed by atoms with E-state index in [1.807, 2.05) is 0 Å². The number of benzene rings is 1. The Hall–Kier alpha value is -1.86. The molecule has 21 heavy (non-hydrogen) atoms. The van der Waals surface area contributed by atoms with Gasteiger partial charge in [-0.2, -0.15) is 0 Å². The minimum atomic E-state index is -3.54. The van der Waals surface area contributed by atoms with Crippen molar-refractivity contribution in [1.29, 1.82) is 0 Å². The SMILES string of the molecule is COc1ccc(S(=O)(=O)NCCc2coc(C)n2)cc1C. The van der Waals surface area contributed by atoms with E-state index in [0.717, 1.165) is 11.3 Å². The van der Waals surface area contributed by atoms with Crippen LogP contribution in [0, 0.1) is 13.8 Å². The number of rotatable bonds is 6. The molecule has 7 heteroatoms. The Balaban J connectivity index is 2.02. The summed E-state index contributed by atoms with van der Waals surface area (Å²) >= 11 is 0. The number of nitrogens with zero attached hydrogens (tertiary/aromatic N) is 1. The fourth-order valence-corrected chi connectivity index (χ4v) is 3.05. The molecule has 2 aromatic rings. The molecule has 0 spiro atoms. The Labute approximate surface area is 124 Å². The zero-order chi connectivity index (χ0) is 15.5. The van der Waals surface area contributed by atoms with E-state index in [1.54, 1.807) is 33.1 Å². The van der Waals surface area contributed by atoms with Crippen molar-refractivity contribution < 1.29 is 17.6 Å². The van der Waals surface area contributed by atoms with Crippen molar-refractivity contribution in [2.24, 2.45) is 0 Å². The molecule has 0 aliphatic heterocycles. The van der Waals surface area contributed by atoms with Crippen LogP contribution < -0.4 is 9.46 Å². The smallest absolute Gasteiger partial charge is 0.240 e. The van der Waals surface area contributed by atoms with Crippen LogP contribution >= 0.6 is 0 Å². The highest BCUT2D eigenvalue weighted by Gasteiger charge is 2.15. The van der Waals surface area contributed by atoms with Gasteiger partial charge >= 0.3 is 0 Å². The number of oxazole rings is 1. The van der Waals surface area contributed by atoms with Crippen molar-refractivity contribution in [3.8, 4) is 5.75 Å². The maximum absolute atomic E-state index is 12.2. The summed E-state index contributed by atoms with van der Waals surface area (Å²) in [6, 6.07) is 4.75. The van der Waals surface area contributed by atoms with Gasteiger partial charge in [-0.05, 0) is 30.7 Å². The number of nitrogens with one attached hydrogen (secondary N) is 1. The van der Waals surface area contributed by atoms with Crippen LogP contribution in [-0.4, -0.2) is 27.1 Å². The molecule has 1 aromatic carbocycles. The van der Waals surface area contributed by atoms with Crippen LogP contribution in [0.25, 0.3) is 0 Å². The van der Waals surface area contributed by atoms with Crippen LogP contribution in [0.1, 0.15) is 17.1 Å². The van der Waals surface area contributed by atoms with Gasteiger partial charge in [0.2, 0.25) is 10.0 Å². The molecular formula is C14H18N2O4S. The van der Waals surface area contributed by atoms with E-state index in [4.69, 9.17) is 9.15 Å². The lowest BCUT2D eigenvalue weighted by Crippen LogP contribution is -2.26. The second-order valence-corrected chi connectivity index (χ2v) is 6.40. The maximum atomic E-state index is 12.2. The number of methoxy groups -OCH3 is 1. The third kappa shape index (κ3) is 3.83. The first-order valence-electron chi connectivity index (χ1n) is 6.47. The monoisotopic (exact) mass is 310 g/mol. The van der Waals surface area contributed by atoms with E-state index >= 15 is 0 Å². The standard InChI is InChI=1S/C14H18N2O4S/c1-10-8-13(4-5-14(10)19-3)21(17,18)15-7-6-12-9-20-11(2)16-12/h4-5,8-9,15H,6-7H2,1-3H3. The fraction of sp³-hybridized carbons (Fsp3) is 0.357. The summed E-state index contributed by atoms with van der Waals surface area (Å²) in [7, 11) is -1.98. The van der Waals surface area contributed by atoms with Gasteiger partial charge in [-0.1, -0.05) is 0 Å². The van der Waals surface area contributed by atoms with Gasteiger partial charge in [0.05, 0.1) is 17.7 Å².